The molecule has 0 unspecified atom stereocenters. The highest BCUT2D eigenvalue weighted by atomic mass is 32.2. The summed E-state index contributed by atoms with van der Waals surface area (Å²) >= 11 is 0. The summed E-state index contributed by atoms with van der Waals surface area (Å²) in [5.41, 5.74) is 1.79. The fourth-order valence-corrected chi connectivity index (χ4v) is 5.59. The topological polar surface area (TPSA) is 55.2 Å². The van der Waals surface area contributed by atoms with Crippen LogP contribution in [0.25, 0.3) is 0 Å². The molecule has 6 heteroatoms. The van der Waals surface area contributed by atoms with Crippen molar-refractivity contribution < 1.29 is 8.42 Å². The van der Waals surface area contributed by atoms with Gasteiger partial charge in [0, 0.05) is 19.1 Å². The summed E-state index contributed by atoms with van der Waals surface area (Å²) in [6, 6.07) is 9.93. The fourth-order valence-electron chi connectivity index (χ4n) is 4.09. The molecule has 154 valence electrons. The van der Waals surface area contributed by atoms with Crippen LogP contribution in [0.4, 0.5) is 0 Å². The van der Waals surface area contributed by atoms with Gasteiger partial charge < -0.3 is 4.57 Å². The molecule has 1 aromatic heterocycles. The van der Waals surface area contributed by atoms with Gasteiger partial charge in [-0.3, -0.25) is 4.90 Å². The lowest BCUT2D eigenvalue weighted by molar-refractivity contribution is 0.179. The minimum Gasteiger partial charge on any atom is -0.317 e. The standard InChI is InChI=1S/C22H33N3O2S/c1-18(2)15-25-21(16-24(3)20-12-8-5-9-13-20)14-23-22(25)28(26,27)17-19-10-6-4-7-11-19/h4,6-7,10-11,14,18,20H,5,8-9,12-13,15-17H2,1-3H3. The van der Waals surface area contributed by atoms with Crippen LogP contribution in [0.2, 0.25) is 0 Å². The van der Waals surface area contributed by atoms with E-state index in [9.17, 15) is 8.42 Å². The summed E-state index contributed by atoms with van der Waals surface area (Å²) in [6.07, 6.45) is 8.13. The minimum atomic E-state index is -3.50. The van der Waals surface area contributed by atoms with E-state index < -0.39 is 9.84 Å². The lowest BCUT2D eigenvalue weighted by Gasteiger charge is -2.31. The lowest BCUT2D eigenvalue weighted by Crippen LogP contribution is -2.33. The van der Waals surface area contributed by atoms with Crippen molar-refractivity contribution in [1.29, 1.82) is 0 Å². The largest absolute Gasteiger partial charge is 0.317 e. The summed E-state index contributed by atoms with van der Waals surface area (Å²) in [5, 5.41) is 0.206. The molecule has 1 saturated carbocycles. The van der Waals surface area contributed by atoms with Crippen LogP contribution >= 0.6 is 0 Å². The van der Waals surface area contributed by atoms with Gasteiger partial charge in [-0.2, -0.15) is 0 Å². The quantitative estimate of drug-likeness (QED) is 0.660. The first-order valence-electron chi connectivity index (χ1n) is 10.4. The van der Waals surface area contributed by atoms with Gasteiger partial charge in [-0.1, -0.05) is 63.4 Å². The maximum absolute atomic E-state index is 13.1. The van der Waals surface area contributed by atoms with E-state index in [0.717, 1.165) is 17.8 Å². The van der Waals surface area contributed by atoms with E-state index >= 15 is 0 Å². The van der Waals surface area contributed by atoms with Gasteiger partial charge in [-0.05, 0) is 31.4 Å². The summed E-state index contributed by atoms with van der Waals surface area (Å²) in [6.45, 7) is 5.63. The smallest absolute Gasteiger partial charge is 0.228 e. The molecule has 1 aliphatic rings. The molecular weight excluding hydrogens is 370 g/mol. The monoisotopic (exact) mass is 403 g/mol. The van der Waals surface area contributed by atoms with Gasteiger partial charge in [0.25, 0.3) is 0 Å². The Balaban J connectivity index is 1.85. The predicted octanol–water partition coefficient (Wildman–Crippen LogP) is 4.28. The maximum Gasteiger partial charge on any atom is 0.228 e. The van der Waals surface area contributed by atoms with Crippen molar-refractivity contribution in [1.82, 2.24) is 14.5 Å². The van der Waals surface area contributed by atoms with E-state index in [1.54, 1.807) is 6.20 Å². The Hall–Kier alpha value is -1.66. The minimum absolute atomic E-state index is 0.0130. The molecule has 0 atom stereocenters. The second-order valence-electron chi connectivity index (χ2n) is 8.49. The second-order valence-corrected chi connectivity index (χ2v) is 10.4. The first-order valence-corrected chi connectivity index (χ1v) is 12.0. The van der Waals surface area contributed by atoms with E-state index in [2.05, 4.69) is 30.8 Å². The second kappa shape index (κ2) is 9.23. The zero-order valence-corrected chi connectivity index (χ0v) is 18.2. The van der Waals surface area contributed by atoms with Crippen molar-refractivity contribution in [3.63, 3.8) is 0 Å². The van der Waals surface area contributed by atoms with Gasteiger partial charge in [0.2, 0.25) is 15.0 Å². The Morgan fingerprint density at radius 2 is 1.82 bits per heavy atom. The Bertz CT molecular complexity index is 853. The Labute approximate surface area is 169 Å². The number of imidazole rings is 1. The van der Waals surface area contributed by atoms with Crippen molar-refractivity contribution in [3.8, 4) is 0 Å². The number of hydrogen-bond acceptors (Lipinski definition) is 4. The van der Waals surface area contributed by atoms with Gasteiger partial charge in [0.1, 0.15) is 0 Å². The van der Waals surface area contributed by atoms with Gasteiger partial charge in [0.15, 0.2) is 0 Å². The zero-order valence-electron chi connectivity index (χ0n) is 17.3. The molecule has 28 heavy (non-hydrogen) atoms. The van der Waals surface area contributed by atoms with Crippen molar-refractivity contribution in [2.24, 2.45) is 5.92 Å². The molecule has 1 fully saturated rings. The van der Waals surface area contributed by atoms with Crippen LogP contribution in [-0.4, -0.2) is 36.0 Å². The van der Waals surface area contributed by atoms with Gasteiger partial charge in [0.05, 0.1) is 17.6 Å². The number of nitrogens with zero attached hydrogens (tertiary/aromatic N) is 3. The van der Waals surface area contributed by atoms with Crippen LogP contribution in [0.15, 0.2) is 41.7 Å². The molecule has 0 N–H and O–H groups in total. The number of hydrogen-bond donors (Lipinski definition) is 0. The van der Waals surface area contributed by atoms with Crippen molar-refractivity contribution in [2.75, 3.05) is 7.05 Å². The Morgan fingerprint density at radius 3 is 2.46 bits per heavy atom. The fraction of sp³-hybridized carbons (Fsp3) is 0.591. The molecule has 0 radical (unpaired) electrons. The van der Waals surface area contributed by atoms with E-state index in [4.69, 9.17) is 0 Å². The molecule has 5 nitrogen and oxygen atoms in total. The molecule has 0 bridgehead atoms. The van der Waals surface area contributed by atoms with E-state index in [0.29, 0.717) is 18.5 Å². The molecule has 1 heterocycles. The van der Waals surface area contributed by atoms with Gasteiger partial charge >= 0.3 is 0 Å². The average molecular weight is 404 g/mol. The van der Waals surface area contributed by atoms with Crippen LogP contribution in [0.5, 0.6) is 0 Å². The highest BCUT2D eigenvalue weighted by Crippen LogP contribution is 2.25. The van der Waals surface area contributed by atoms with E-state index in [1.165, 1.54) is 32.1 Å². The highest BCUT2D eigenvalue weighted by molar-refractivity contribution is 7.90. The highest BCUT2D eigenvalue weighted by Gasteiger charge is 2.26. The molecule has 2 aromatic rings. The molecule has 0 aliphatic heterocycles. The van der Waals surface area contributed by atoms with Crippen LogP contribution in [0.1, 0.15) is 57.2 Å². The van der Waals surface area contributed by atoms with Crippen LogP contribution in [0.3, 0.4) is 0 Å². The zero-order chi connectivity index (χ0) is 20.1. The van der Waals surface area contributed by atoms with Crippen molar-refractivity contribution in [2.45, 2.75) is 76.0 Å². The molecule has 0 amide bonds. The summed E-state index contributed by atoms with van der Waals surface area (Å²) in [4.78, 5) is 6.76. The first-order chi connectivity index (χ1) is 13.4. The number of sulfone groups is 1. The normalized spacial score (nSPS) is 16.2. The van der Waals surface area contributed by atoms with Gasteiger partial charge in [-0.25, -0.2) is 13.4 Å². The SMILES string of the molecule is CC(C)Cn1c(CN(C)C2CCCCC2)cnc1S(=O)(=O)Cc1ccccc1. The molecule has 3 rings (SSSR count). The van der Waals surface area contributed by atoms with Crippen molar-refractivity contribution in [3.05, 3.63) is 47.8 Å². The first kappa shape index (κ1) is 21.1. The van der Waals surface area contributed by atoms with Crippen LogP contribution < -0.4 is 0 Å². The molecule has 1 aliphatic carbocycles. The summed E-state index contributed by atoms with van der Waals surface area (Å²) in [7, 11) is -1.34. The number of aromatic nitrogens is 2. The molecular formula is C22H33N3O2S. The predicted molar refractivity (Wildman–Crippen MR) is 113 cm³/mol. The maximum atomic E-state index is 13.1. The van der Waals surface area contributed by atoms with Crippen LogP contribution in [0, 0.1) is 5.92 Å². The number of rotatable bonds is 8. The lowest BCUT2D eigenvalue weighted by atomic mass is 9.94. The average Bonchev–Trinajstić information content (AvgIpc) is 3.05. The van der Waals surface area contributed by atoms with E-state index in [1.807, 2.05) is 34.9 Å². The summed E-state index contributed by atoms with van der Waals surface area (Å²) < 4.78 is 28.1. The van der Waals surface area contributed by atoms with Gasteiger partial charge in [-0.15, -0.1) is 0 Å². The molecule has 0 saturated heterocycles. The number of benzene rings is 1. The van der Waals surface area contributed by atoms with E-state index in [-0.39, 0.29) is 10.9 Å². The molecule has 0 spiro atoms. The van der Waals surface area contributed by atoms with Crippen LogP contribution in [-0.2, 0) is 28.7 Å². The Kier molecular flexibility index (Phi) is 6.94. The molecule has 1 aromatic carbocycles. The Morgan fingerprint density at radius 1 is 1.14 bits per heavy atom. The van der Waals surface area contributed by atoms with Crippen molar-refractivity contribution >= 4 is 9.84 Å². The third-order valence-electron chi connectivity index (χ3n) is 5.54. The third-order valence-corrected chi connectivity index (χ3v) is 7.13. The summed E-state index contributed by atoms with van der Waals surface area (Å²) in [5.74, 6) is 0.333. The third kappa shape index (κ3) is 5.23.